The van der Waals surface area contributed by atoms with E-state index in [4.69, 9.17) is 16.3 Å². The number of amides is 1. The van der Waals surface area contributed by atoms with Gasteiger partial charge in [0.05, 0.1) is 12.2 Å². The quantitative estimate of drug-likeness (QED) is 0.473. The van der Waals surface area contributed by atoms with Gasteiger partial charge in [0.25, 0.3) is 0 Å². The molecule has 27 heavy (non-hydrogen) atoms. The molecule has 0 radical (unpaired) electrons. The molecule has 0 bridgehead atoms. The van der Waals surface area contributed by atoms with Crippen LogP contribution >= 0.6 is 11.6 Å². The largest absolute Gasteiger partial charge is 0.447 e. The molecule has 0 unspecified atom stereocenters. The molecule has 4 nitrogen and oxygen atoms in total. The average Bonchev–Trinajstić information content (AvgIpc) is 3.10. The van der Waals surface area contributed by atoms with Crippen molar-refractivity contribution in [3.05, 3.63) is 70.7 Å². The van der Waals surface area contributed by atoms with Crippen LogP contribution in [-0.2, 0) is 9.53 Å². The van der Waals surface area contributed by atoms with Gasteiger partial charge in [-0.15, -0.1) is 0 Å². The van der Waals surface area contributed by atoms with Crippen LogP contribution in [-0.4, -0.2) is 29.9 Å². The second-order valence-corrected chi connectivity index (χ2v) is 6.83. The van der Waals surface area contributed by atoms with E-state index in [1.165, 1.54) is 4.90 Å². The van der Waals surface area contributed by atoms with Gasteiger partial charge in [0.1, 0.15) is 6.61 Å². The van der Waals surface area contributed by atoms with Gasteiger partial charge in [-0.2, -0.15) is 0 Å². The number of hydrogen-bond acceptors (Lipinski definition) is 3. The summed E-state index contributed by atoms with van der Waals surface area (Å²) in [6, 6.07) is 16.7. The van der Waals surface area contributed by atoms with E-state index in [0.717, 1.165) is 24.0 Å². The first-order valence-corrected chi connectivity index (χ1v) is 9.52. The molecule has 0 spiro atoms. The van der Waals surface area contributed by atoms with Crippen LogP contribution in [0.15, 0.2) is 54.6 Å². The zero-order valence-corrected chi connectivity index (χ0v) is 16.0. The Labute approximate surface area is 164 Å². The van der Waals surface area contributed by atoms with Crippen LogP contribution in [0.2, 0.25) is 5.02 Å². The third-order valence-corrected chi connectivity index (χ3v) is 4.70. The first-order valence-electron chi connectivity index (χ1n) is 9.15. The van der Waals surface area contributed by atoms with Crippen LogP contribution in [0.1, 0.15) is 37.3 Å². The molecular formula is C22H22ClNO3. The molecule has 5 heteroatoms. The van der Waals surface area contributed by atoms with Crippen LogP contribution < -0.4 is 0 Å². The maximum atomic E-state index is 13.2. The molecule has 1 heterocycles. The van der Waals surface area contributed by atoms with Crippen molar-refractivity contribution in [1.29, 1.82) is 0 Å². The van der Waals surface area contributed by atoms with Crippen molar-refractivity contribution < 1.29 is 14.3 Å². The molecule has 0 saturated carbocycles. The Kier molecular flexibility index (Phi) is 6.30. The summed E-state index contributed by atoms with van der Waals surface area (Å²) in [5, 5.41) is 0.547. The summed E-state index contributed by atoms with van der Waals surface area (Å²) in [6.07, 6.45) is 1.70. The predicted octanol–water partition coefficient (Wildman–Crippen LogP) is 5.42. The standard InChI is InChI=1S/C22H22ClNO3/c1-2-3-12-19(25)20(16-8-5-4-6-9-16)21(24-13-14-27-22(24)26)17-10-7-11-18(23)15-17/h4-11,15H,2-3,12-14H2,1H3/b21-20+. The highest BCUT2D eigenvalue weighted by Gasteiger charge is 2.31. The maximum absolute atomic E-state index is 13.2. The molecule has 2 aromatic carbocycles. The van der Waals surface area contributed by atoms with Crippen LogP contribution in [0.5, 0.6) is 0 Å². The fraction of sp³-hybridized carbons (Fsp3) is 0.273. The minimum atomic E-state index is -0.443. The number of Topliss-reactive ketones (excluding diaryl/α,β-unsaturated/α-hetero) is 1. The number of unbranched alkanes of at least 4 members (excludes halogenated alkanes) is 1. The molecule has 2 aromatic rings. The van der Waals surface area contributed by atoms with E-state index in [1.54, 1.807) is 12.1 Å². The van der Waals surface area contributed by atoms with Gasteiger partial charge in [0.15, 0.2) is 5.78 Å². The highest BCUT2D eigenvalue weighted by molar-refractivity contribution is 6.31. The molecule has 0 aromatic heterocycles. The Bertz CT molecular complexity index is 861. The fourth-order valence-corrected chi connectivity index (χ4v) is 3.35. The normalized spacial score (nSPS) is 14.7. The van der Waals surface area contributed by atoms with Gasteiger partial charge >= 0.3 is 6.09 Å². The molecule has 0 N–H and O–H groups in total. The van der Waals surface area contributed by atoms with E-state index in [1.807, 2.05) is 42.5 Å². The van der Waals surface area contributed by atoms with E-state index in [-0.39, 0.29) is 5.78 Å². The molecule has 1 fully saturated rings. The molecule has 3 rings (SSSR count). The second-order valence-electron chi connectivity index (χ2n) is 6.39. The highest BCUT2D eigenvalue weighted by Crippen LogP contribution is 2.34. The van der Waals surface area contributed by atoms with Crippen molar-refractivity contribution in [2.75, 3.05) is 13.2 Å². The van der Waals surface area contributed by atoms with Crippen LogP contribution in [0.25, 0.3) is 11.3 Å². The van der Waals surface area contributed by atoms with Crippen molar-refractivity contribution in [1.82, 2.24) is 4.90 Å². The van der Waals surface area contributed by atoms with Gasteiger partial charge in [0.2, 0.25) is 0 Å². The monoisotopic (exact) mass is 383 g/mol. The Balaban J connectivity index is 2.24. The summed E-state index contributed by atoms with van der Waals surface area (Å²) in [5.74, 6) is 0.0118. The van der Waals surface area contributed by atoms with Gasteiger partial charge in [-0.3, -0.25) is 9.69 Å². The van der Waals surface area contributed by atoms with Gasteiger partial charge in [-0.05, 0) is 24.1 Å². The first kappa shape index (κ1) is 19.2. The molecule has 1 aliphatic rings. The molecule has 0 aliphatic carbocycles. The third kappa shape index (κ3) is 4.40. The lowest BCUT2D eigenvalue weighted by atomic mass is 9.93. The molecule has 0 atom stereocenters. The maximum Gasteiger partial charge on any atom is 0.414 e. The molecule has 1 aliphatic heterocycles. The number of hydrogen-bond donors (Lipinski definition) is 0. The Morgan fingerprint density at radius 1 is 1.11 bits per heavy atom. The lowest BCUT2D eigenvalue weighted by molar-refractivity contribution is -0.113. The number of rotatable bonds is 7. The number of ketones is 1. The molecule has 1 saturated heterocycles. The smallest absolute Gasteiger partial charge is 0.414 e. The topological polar surface area (TPSA) is 46.6 Å². The number of carbonyl (C=O) groups is 2. The van der Waals surface area contributed by atoms with Crippen molar-refractivity contribution >= 4 is 34.7 Å². The second kappa shape index (κ2) is 8.87. The number of carbonyl (C=O) groups excluding carboxylic acids is 2. The summed E-state index contributed by atoms with van der Waals surface area (Å²) in [6.45, 7) is 2.75. The first-order chi connectivity index (χ1) is 13.1. The predicted molar refractivity (Wildman–Crippen MR) is 107 cm³/mol. The zero-order chi connectivity index (χ0) is 19.2. The van der Waals surface area contributed by atoms with E-state index >= 15 is 0 Å². The number of benzene rings is 2. The van der Waals surface area contributed by atoms with E-state index < -0.39 is 6.09 Å². The highest BCUT2D eigenvalue weighted by atomic mass is 35.5. The lowest BCUT2D eigenvalue weighted by Crippen LogP contribution is -2.25. The number of cyclic esters (lactones) is 1. The zero-order valence-electron chi connectivity index (χ0n) is 15.3. The van der Waals surface area contributed by atoms with E-state index in [9.17, 15) is 9.59 Å². The van der Waals surface area contributed by atoms with Gasteiger partial charge < -0.3 is 4.74 Å². The SMILES string of the molecule is CCCCC(=O)/C(=C(\c1cccc(Cl)c1)N1CCOC1=O)c1ccccc1. The van der Waals surface area contributed by atoms with Crippen molar-refractivity contribution in [3.63, 3.8) is 0 Å². The summed E-state index contributed by atoms with van der Waals surface area (Å²) in [5.41, 5.74) is 2.61. The fourth-order valence-electron chi connectivity index (χ4n) is 3.16. The van der Waals surface area contributed by atoms with Crippen molar-refractivity contribution in [2.24, 2.45) is 0 Å². The Hall–Kier alpha value is -2.59. The molecule has 1 amide bonds. The van der Waals surface area contributed by atoms with Crippen LogP contribution in [0.4, 0.5) is 4.79 Å². The van der Waals surface area contributed by atoms with E-state index in [0.29, 0.717) is 35.9 Å². The minimum Gasteiger partial charge on any atom is -0.447 e. The van der Waals surface area contributed by atoms with Crippen LogP contribution in [0, 0.1) is 0 Å². The number of allylic oxidation sites excluding steroid dienone is 1. The van der Waals surface area contributed by atoms with Crippen molar-refractivity contribution in [3.8, 4) is 0 Å². The minimum absolute atomic E-state index is 0.0118. The van der Waals surface area contributed by atoms with E-state index in [2.05, 4.69) is 6.92 Å². The lowest BCUT2D eigenvalue weighted by Gasteiger charge is -2.22. The number of ether oxygens (including phenoxy) is 1. The Morgan fingerprint density at radius 3 is 2.48 bits per heavy atom. The average molecular weight is 384 g/mol. The molecular weight excluding hydrogens is 362 g/mol. The number of nitrogens with zero attached hydrogens (tertiary/aromatic N) is 1. The van der Waals surface area contributed by atoms with Crippen molar-refractivity contribution in [2.45, 2.75) is 26.2 Å². The molecule has 140 valence electrons. The van der Waals surface area contributed by atoms with Crippen LogP contribution in [0.3, 0.4) is 0 Å². The van der Waals surface area contributed by atoms with Gasteiger partial charge in [-0.1, -0.05) is 67.4 Å². The van der Waals surface area contributed by atoms with Gasteiger partial charge in [-0.25, -0.2) is 4.79 Å². The summed E-state index contributed by atoms with van der Waals surface area (Å²) in [7, 11) is 0. The third-order valence-electron chi connectivity index (χ3n) is 4.46. The summed E-state index contributed by atoms with van der Waals surface area (Å²) in [4.78, 5) is 27.1. The Morgan fingerprint density at radius 2 is 1.85 bits per heavy atom. The summed E-state index contributed by atoms with van der Waals surface area (Å²) < 4.78 is 5.15. The number of halogens is 1. The summed E-state index contributed by atoms with van der Waals surface area (Å²) >= 11 is 6.20. The van der Waals surface area contributed by atoms with Gasteiger partial charge in [0, 0.05) is 22.6 Å².